The third kappa shape index (κ3) is 4.46. The number of hydrogen-bond acceptors (Lipinski definition) is 2. The lowest BCUT2D eigenvalue weighted by atomic mass is 10.1. The van der Waals surface area contributed by atoms with E-state index in [4.69, 9.17) is 0 Å². The van der Waals surface area contributed by atoms with Crippen molar-refractivity contribution < 1.29 is 9.78 Å². The second kappa shape index (κ2) is 8.31. The largest absolute Gasteiger partial charge is 0.345 e. The summed E-state index contributed by atoms with van der Waals surface area (Å²) in [4.78, 5) is 17.0. The fourth-order valence-electron chi connectivity index (χ4n) is 2.35. The quantitative estimate of drug-likeness (QED) is 0.699. The van der Waals surface area contributed by atoms with Crippen LogP contribution in [0.15, 0.2) is 90.0 Å². The summed E-state index contributed by atoms with van der Waals surface area (Å²) in [5, 5.41) is 2.75. The Morgan fingerprint density at radius 3 is 2.25 bits per heavy atom. The number of nitrogens with one attached hydrogen (secondary N) is 2. The van der Waals surface area contributed by atoms with Gasteiger partial charge in [-0.05, 0) is 17.7 Å². The summed E-state index contributed by atoms with van der Waals surface area (Å²) >= 11 is 1.56. The molecule has 2 N–H and O–H groups in total. The summed E-state index contributed by atoms with van der Waals surface area (Å²) in [6, 6.07) is 25.7. The van der Waals surface area contributed by atoms with Crippen LogP contribution < -0.4 is 10.3 Å². The minimum absolute atomic E-state index is 0.00676. The van der Waals surface area contributed by atoms with Gasteiger partial charge in [0.25, 0.3) is 0 Å². The van der Waals surface area contributed by atoms with Crippen molar-refractivity contribution >= 4 is 17.7 Å². The molecule has 0 aliphatic carbocycles. The van der Waals surface area contributed by atoms with Crippen LogP contribution in [0.25, 0.3) is 0 Å². The summed E-state index contributed by atoms with van der Waals surface area (Å²) in [5.41, 5.74) is 1.98. The summed E-state index contributed by atoms with van der Waals surface area (Å²) in [5.74, 6) is 0.00676. The molecule has 1 unspecified atom stereocenters. The van der Waals surface area contributed by atoms with Crippen molar-refractivity contribution in [2.75, 3.05) is 0 Å². The Bertz CT molecular complexity index is 763. The first kappa shape index (κ1) is 16.3. The number of aromatic nitrogens is 1. The highest BCUT2D eigenvalue weighted by Gasteiger charge is 2.22. The summed E-state index contributed by atoms with van der Waals surface area (Å²) in [6.07, 6.45) is 1.86. The molecular weight excluding hydrogens is 316 g/mol. The monoisotopic (exact) mass is 335 g/mol. The van der Waals surface area contributed by atoms with Gasteiger partial charge in [-0.1, -0.05) is 54.6 Å². The van der Waals surface area contributed by atoms with E-state index in [0.717, 1.165) is 16.2 Å². The van der Waals surface area contributed by atoms with Gasteiger partial charge in [-0.15, -0.1) is 11.8 Å². The second-order valence-electron chi connectivity index (χ2n) is 5.33. The molecule has 0 radical (unpaired) electrons. The molecule has 0 spiro atoms. The van der Waals surface area contributed by atoms with Gasteiger partial charge in [-0.2, -0.15) is 0 Å². The average Bonchev–Trinajstić information content (AvgIpc) is 2.66. The third-order valence-electron chi connectivity index (χ3n) is 3.56. The van der Waals surface area contributed by atoms with Crippen molar-refractivity contribution in [3.63, 3.8) is 0 Å². The number of benzene rings is 2. The highest BCUT2D eigenvalue weighted by atomic mass is 32.2. The Kier molecular flexibility index (Phi) is 5.64. The van der Waals surface area contributed by atoms with Crippen molar-refractivity contribution in [1.29, 1.82) is 0 Å². The lowest BCUT2D eigenvalue weighted by Gasteiger charge is -2.16. The van der Waals surface area contributed by atoms with E-state index in [9.17, 15) is 4.79 Å². The molecular formula is C20H19N2OS+. The summed E-state index contributed by atoms with van der Waals surface area (Å²) in [6.45, 7) is 0.484. The van der Waals surface area contributed by atoms with Gasteiger partial charge in [0.2, 0.25) is 5.91 Å². The van der Waals surface area contributed by atoms with Gasteiger partial charge >= 0.3 is 0 Å². The number of pyridine rings is 1. The standard InChI is InChI=1S/C20H18N2OS/c23-20(22-15-17-11-7-8-14-21-17)19(16-9-3-1-4-10-16)24-18-12-5-2-6-13-18/h1-14,19H,15H2,(H,22,23)/p+1. The predicted molar refractivity (Wildman–Crippen MR) is 96.3 cm³/mol. The SMILES string of the molecule is O=C(NCc1cccc[nH+]1)C(Sc1ccccc1)c1ccccc1. The fraction of sp³-hybridized carbons (Fsp3) is 0.100. The van der Waals surface area contributed by atoms with Crippen LogP contribution in [0.2, 0.25) is 0 Å². The maximum Gasteiger partial charge on any atom is 0.238 e. The van der Waals surface area contributed by atoms with Gasteiger partial charge in [0.15, 0.2) is 11.9 Å². The van der Waals surface area contributed by atoms with Crippen molar-refractivity contribution in [2.24, 2.45) is 0 Å². The highest BCUT2D eigenvalue weighted by Crippen LogP contribution is 2.35. The predicted octanol–water partition coefficient (Wildman–Crippen LogP) is 3.65. The number of carbonyl (C=O) groups excluding carboxylic acids is 1. The fourth-order valence-corrected chi connectivity index (χ4v) is 3.42. The van der Waals surface area contributed by atoms with E-state index in [2.05, 4.69) is 10.3 Å². The maximum absolute atomic E-state index is 12.8. The van der Waals surface area contributed by atoms with Crippen LogP contribution in [-0.2, 0) is 11.3 Å². The normalized spacial score (nSPS) is 11.7. The summed E-state index contributed by atoms with van der Waals surface area (Å²) < 4.78 is 0. The Hall–Kier alpha value is -2.59. The molecule has 0 aliphatic heterocycles. The highest BCUT2D eigenvalue weighted by molar-refractivity contribution is 8.00. The molecule has 2 aromatic carbocycles. The first-order valence-corrected chi connectivity index (χ1v) is 8.71. The van der Waals surface area contributed by atoms with Crippen LogP contribution in [0.5, 0.6) is 0 Å². The average molecular weight is 335 g/mol. The van der Waals surface area contributed by atoms with Crippen molar-refractivity contribution in [3.05, 3.63) is 96.3 Å². The number of amides is 1. The minimum atomic E-state index is -0.280. The molecule has 0 bridgehead atoms. The molecule has 3 nitrogen and oxygen atoms in total. The van der Waals surface area contributed by atoms with Crippen LogP contribution in [0.4, 0.5) is 0 Å². The molecule has 0 aliphatic rings. The Morgan fingerprint density at radius 1 is 0.917 bits per heavy atom. The topological polar surface area (TPSA) is 43.2 Å². The van der Waals surface area contributed by atoms with Crippen LogP contribution in [0.1, 0.15) is 16.5 Å². The Morgan fingerprint density at radius 2 is 1.58 bits per heavy atom. The van der Waals surface area contributed by atoms with Gasteiger partial charge in [0, 0.05) is 17.0 Å². The number of rotatable bonds is 6. The zero-order chi connectivity index (χ0) is 16.6. The molecule has 1 heterocycles. The molecule has 120 valence electrons. The Balaban J connectivity index is 1.75. The molecule has 0 saturated carbocycles. The number of aromatic amines is 1. The minimum Gasteiger partial charge on any atom is -0.345 e. The number of H-pyrrole nitrogens is 1. The first-order chi connectivity index (χ1) is 11.8. The van der Waals surface area contributed by atoms with E-state index < -0.39 is 0 Å². The van der Waals surface area contributed by atoms with Crippen molar-refractivity contribution in [2.45, 2.75) is 16.7 Å². The number of thioether (sulfide) groups is 1. The zero-order valence-corrected chi connectivity index (χ0v) is 14.0. The second-order valence-corrected chi connectivity index (χ2v) is 6.51. The van der Waals surface area contributed by atoms with Crippen LogP contribution in [-0.4, -0.2) is 5.91 Å². The molecule has 3 rings (SSSR count). The molecule has 4 heteroatoms. The molecule has 1 amide bonds. The molecule has 0 fully saturated rings. The molecule has 3 aromatic rings. The van der Waals surface area contributed by atoms with Crippen molar-refractivity contribution in [3.8, 4) is 0 Å². The molecule has 0 saturated heterocycles. The smallest absolute Gasteiger partial charge is 0.238 e. The van der Waals surface area contributed by atoms with Crippen LogP contribution in [0.3, 0.4) is 0 Å². The number of carbonyl (C=O) groups is 1. The lowest BCUT2D eigenvalue weighted by Crippen LogP contribution is -2.30. The molecule has 1 atom stereocenters. The van der Waals surface area contributed by atoms with E-state index in [-0.39, 0.29) is 11.2 Å². The van der Waals surface area contributed by atoms with Gasteiger partial charge in [0.1, 0.15) is 11.8 Å². The van der Waals surface area contributed by atoms with E-state index in [1.54, 1.807) is 11.8 Å². The molecule has 24 heavy (non-hydrogen) atoms. The van der Waals surface area contributed by atoms with E-state index in [0.29, 0.717) is 6.54 Å². The van der Waals surface area contributed by atoms with E-state index in [1.807, 2.05) is 85.1 Å². The lowest BCUT2D eigenvalue weighted by molar-refractivity contribution is -0.390. The first-order valence-electron chi connectivity index (χ1n) is 7.83. The van der Waals surface area contributed by atoms with Crippen molar-refractivity contribution in [1.82, 2.24) is 5.32 Å². The van der Waals surface area contributed by atoms with E-state index in [1.165, 1.54) is 0 Å². The maximum atomic E-state index is 12.8. The number of hydrogen-bond donors (Lipinski definition) is 1. The van der Waals surface area contributed by atoms with Crippen LogP contribution in [0, 0.1) is 0 Å². The van der Waals surface area contributed by atoms with Crippen LogP contribution >= 0.6 is 11.8 Å². The molecule has 1 aromatic heterocycles. The Labute approximate surface area is 146 Å². The third-order valence-corrected chi connectivity index (χ3v) is 4.83. The summed E-state index contributed by atoms with van der Waals surface area (Å²) in [7, 11) is 0. The zero-order valence-electron chi connectivity index (χ0n) is 13.2. The van der Waals surface area contributed by atoms with Gasteiger partial charge < -0.3 is 5.32 Å². The van der Waals surface area contributed by atoms with Gasteiger partial charge in [-0.3, -0.25) is 4.79 Å². The van der Waals surface area contributed by atoms with Gasteiger partial charge in [0.05, 0.1) is 0 Å². The van der Waals surface area contributed by atoms with Gasteiger partial charge in [-0.25, -0.2) is 4.98 Å². The van der Waals surface area contributed by atoms with E-state index >= 15 is 0 Å².